The Kier molecular flexibility index (Phi) is 5.82. The number of hydrogen-bond acceptors (Lipinski definition) is 4. The van der Waals surface area contributed by atoms with Crippen molar-refractivity contribution in [3.05, 3.63) is 58.7 Å². The highest BCUT2D eigenvalue weighted by Crippen LogP contribution is 2.25. The number of methoxy groups -OCH3 is 1. The zero-order chi connectivity index (χ0) is 17.7. The van der Waals surface area contributed by atoms with E-state index in [9.17, 15) is 10.0 Å². The molecule has 2 rings (SSSR count). The minimum absolute atomic E-state index is 0.234. The number of anilines is 1. The number of benzene rings is 2. The first-order valence-corrected chi connectivity index (χ1v) is 7.85. The number of hydroxylamine groups is 1. The van der Waals surface area contributed by atoms with Crippen LogP contribution in [0.2, 0.25) is 0 Å². The summed E-state index contributed by atoms with van der Waals surface area (Å²) in [5, 5.41) is 10.5. The largest absolute Gasteiger partial charge is 0.489 e. The lowest BCUT2D eigenvalue weighted by molar-refractivity contribution is 0.140. The van der Waals surface area contributed by atoms with Crippen molar-refractivity contribution in [1.82, 2.24) is 0 Å². The van der Waals surface area contributed by atoms with E-state index in [0.717, 1.165) is 23.3 Å². The molecule has 0 bridgehead atoms. The molecule has 24 heavy (non-hydrogen) atoms. The van der Waals surface area contributed by atoms with Crippen molar-refractivity contribution in [3.8, 4) is 5.75 Å². The fraction of sp³-hybridized carbons (Fsp3) is 0.316. The van der Waals surface area contributed by atoms with Crippen LogP contribution in [0.15, 0.2) is 36.4 Å². The second-order valence-corrected chi connectivity index (χ2v) is 5.66. The van der Waals surface area contributed by atoms with Gasteiger partial charge in [-0.2, -0.15) is 5.06 Å². The summed E-state index contributed by atoms with van der Waals surface area (Å²) >= 11 is 0. The van der Waals surface area contributed by atoms with Crippen LogP contribution in [0.25, 0.3) is 0 Å². The molecule has 0 atom stereocenters. The monoisotopic (exact) mass is 329 g/mol. The number of carbonyl (C=O) groups is 1. The Balaban J connectivity index is 2.23. The van der Waals surface area contributed by atoms with Gasteiger partial charge in [0.15, 0.2) is 0 Å². The molecule has 2 aromatic carbocycles. The summed E-state index contributed by atoms with van der Waals surface area (Å²) in [7, 11) is 1.22. The number of hydrogen-bond donors (Lipinski definition) is 1. The Morgan fingerprint density at radius 3 is 2.54 bits per heavy atom. The van der Waals surface area contributed by atoms with E-state index in [-0.39, 0.29) is 6.61 Å². The third-order valence-electron chi connectivity index (χ3n) is 3.84. The molecule has 0 aromatic heterocycles. The predicted molar refractivity (Wildman–Crippen MR) is 92.7 cm³/mol. The van der Waals surface area contributed by atoms with Gasteiger partial charge >= 0.3 is 6.09 Å². The summed E-state index contributed by atoms with van der Waals surface area (Å²) < 4.78 is 10.4. The molecule has 0 heterocycles. The molecular weight excluding hydrogens is 306 g/mol. The number of rotatable bonds is 5. The molecule has 0 unspecified atom stereocenters. The van der Waals surface area contributed by atoms with Gasteiger partial charge in [-0.3, -0.25) is 5.21 Å². The van der Waals surface area contributed by atoms with Crippen molar-refractivity contribution < 1.29 is 19.5 Å². The first-order valence-electron chi connectivity index (χ1n) is 7.85. The molecule has 0 aliphatic rings. The summed E-state index contributed by atoms with van der Waals surface area (Å²) in [6, 6.07) is 11.4. The first kappa shape index (κ1) is 17.8. The van der Waals surface area contributed by atoms with Gasteiger partial charge in [0, 0.05) is 5.56 Å². The second-order valence-electron chi connectivity index (χ2n) is 5.66. The predicted octanol–water partition coefficient (Wildman–Crippen LogP) is 4.41. The molecule has 1 N–H and O–H groups in total. The van der Waals surface area contributed by atoms with E-state index in [1.54, 1.807) is 6.07 Å². The first-order chi connectivity index (χ1) is 11.5. The van der Waals surface area contributed by atoms with Crippen molar-refractivity contribution in [1.29, 1.82) is 0 Å². The number of ether oxygens (including phenoxy) is 2. The zero-order valence-electron chi connectivity index (χ0n) is 14.5. The van der Waals surface area contributed by atoms with Crippen LogP contribution in [0.5, 0.6) is 5.75 Å². The second kappa shape index (κ2) is 7.84. The summed E-state index contributed by atoms with van der Waals surface area (Å²) in [6.07, 6.45) is 0.130. The highest BCUT2D eigenvalue weighted by Gasteiger charge is 2.17. The van der Waals surface area contributed by atoms with E-state index >= 15 is 0 Å². The van der Waals surface area contributed by atoms with Crippen LogP contribution in [0.3, 0.4) is 0 Å². The van der Waals surface area contributed by atoms with Gasteiger partial charge in [0.2, 0.25) is 0 Å². The Morgan fingerprint density at radius 2 is 1.92 bits per heavy atom. The Bertz CT molecular complexity index is 727. The lowest BCUT2D eigenvalue weighted by Crippen LogP contribution is -2.28. The fourth-order valence-corrected chi connectivity index (χ4v) is 2.47. The normalized spacial score (nSPS) is 10.4. The van der Waals surface area contributed by atoms with Crippen molar-refractivity contribution in [3.63, 3.8) is 0 Å². The summed E-state index contributed by atoms with van der Waals surface area (Å²) in [6.45, 7) is 6.28. The van der Waals surface area contributed by atoms with E-state index in [4.69, 9.17) is 4.74 Å². The Morgan fingerprint density at radius 1 is 1.17 bits per heavy atom. The molecule has 0 aliphatic heterocycles. The fourth-order valence-electron chi connectivity index (χ4n) is 2.47. The smallest absolute Gasteiger partial charge is 0.438 e. The summed E-state index contributed by atoms with van der Waals surface area (Å²) in [5.41, 5.74) is 4.35. The number of amides is 1. The third kappa shape index (κ3) is 4.06. The Hall–Kier alpha value is -2.53. The summed E-state index contributed by atoms with van der Waals surface area (Å²) in [5.74, 6) is 0.780. The van der Waals surface area contributed by atoms with Gasteiger partial charge in [0.25, 0.3) is 0 Å². The van der Waals surface area contributed by atoms with Gasteiger partial charge in [-0.15, -0.1) is 0 Å². The SMILES string of the molecule is CCc1ccc(OCc2cc(C)ccc2N(O)C(=O)OC)c(C)c1. The van der Waals surface area contributed by atoms with Crippen LogP contribution < -0.4 is 9.80 Å². The topological polar surface area (TPSA) is 59.0 Å². The molecule has 5 nitrogen and oxygen atoms in total. The average molecular weight is 329 g/mol. The van der Waals surface area contributed by atoms with E-state index < -0.39 is 6.09 Å². The minimum atomic E-state index is -0.844. The lowest BCUT2D eigenvalue weighted by atomic mass is 10.1. The molecule has 5 heteroatoms. The number of nitrogens with zero attached hydrogens (tertiary/aromatic N) is 1. The highest BCUT2D eigenvalue weighted by molar-refractivity contribution is 5.85. The van der Waals surface area contributed by atoms with Crippen LogP contribution in [0, 0.1) is 13.8 Å². The van der Waals surface area contributed by atoms with Crippen LogP contribution >= 0.6 is 0 Å². The average Bonchev–Trinajstić information content (AvgIpc) is 2.59. The van der Waals surface area contributed by atoms with Crippen LogP contribution in [0.1, 0.15) is 29.2 Å². The molecule has 128 valence electrons. The van der Waals surface area contributed by atoms with Gasteiger partial charge in [-0.1, -0.05) is 36.8 Å². The van der Waals surface area contributed by atoms with E-state index in [1.807, 2.05) is 38.1 Å². The molecule has 0 spiro atoms. The molecular formula is C19H23NO4. The van der Waals surface area contributed by atoms with Gasteiger partial charge in [0.05, 0.1) is 12.8 Å². The van der Waals surface area contributed by atoms with Crippen molar-refractivity contribution in [2.45, 2.75) is 33.8 Å². The van der Waals surface area contributed by atoms with Crippen molar-refractivity contribution in [2.24, 2.45) is 0 Å². The number of carbonyl (C=O) groups excluding carboxylic acids is 1. The zero-order valence-corrected chi connectivity index (χ0v) is 14.5. The van der Waals surface area contributed by atoms with Crippen molar-refractivity contribution in [2.75, 3.05) is 12.2 Å². The lowest BCUT2D eigenvalue weighted by Gasteiger charge is -2.18. The van der Waals surface area contributed by atoms with Gasteiger partial charge in [-0.25, -0.2) is 4.79 Å². The molecule has 2 aromatic rings. The molecule has 0 saturated carbocycles. The number of aryl methyl sites for hydroxylation is 3. The maximum absolute atomic E-state index is 11.6. The molecule has 0 fully saturated rings. The maximum atomic E-state index is 11.6. The summed E-state index contributed by atoms with van der Waals surface area (Å²) in [4.78, 5) is 11.6. The van der Waals surface area contributed by atoms with E-state index in [1.165, 1.54) is 12.7 Å². The maximum Gasteiger partial charge on any atom is 0.438 e. The van der Waals surface area contributed by atoms with Gasteiger partial charge in [-0.05, 0) is 43.5 Å². The van der Waals surface area contributed by atoms with Crippen LogP contribution in [-0.2, 0) is 17.8 Å². The Labute approximate surface area is 142 Å². The van der Waals surface area contributed by atoms with Gasteiger partial charge in [0.1, 0.15) is 12.4 Å². The quantitative estimate of drug-likeness (QED) is 0.652. The van der Waals surface area contributed by atoms with E-state index in [2.05, 4.69) is 17.7 Å². The van der Waals surface area contributed by atoms with Crippen LogP contribution in [-0.4, -0.2) is 18.4 Å². The minimum Gasteiger partial charge on any atom is -0.489 e. The molecule has 0 radical (unpaired) electrons. The molecule has 0 saturated heterocycles. The molecule has 0 aliphatic carbocycles. The third-order valence-corrected chi connectivity index (χ3v) is 3.84. The van der Waals surface area contributed by atoms with Gasteiger partial charge < -0.3 is 9.47 Å². The highest BCUT2D eigenvalue weighted by atomic mass is 16.6. The van der Waals surface area contributed by atoms with E-state index in [0.29, 0.717) is 16.3 Å². The standard InChI is InChI=1S/C19H23NO4/c1-5-15-7-9-18(14(3)11-15)24-12-16-10-13(2)6-8-17(16)20(22)19(21)23-4/h6-11,22H,5,12H2,1-4H3. The van der Waals surface area contributed by atoms with Crippen molar-refractivity contribution >= 4 is 11.8 Å². The van der Waals surface area contributed by atoms with Crippen LogP contribution in [0.4, 0.5) is 10.5 Å². The molecule has 1 amide bonds.